The van der Waals surface area contributed by atoms with Crippen LogP contribution in [0.4, 0.5) is 39.5 Å². The van der Waals surface area contributed by atoms with Crippen LogP contribution >= 0.6 is 0 Å². The molecule has 0 heterocycles. The monoisotopic (exact) mass is 487 g/mol. The van der Waals surface area contributed by atoms with Gasteiger partial charge in [-0.25, -0.2) is 0 Å². The summed E-state index contributed by atoms with van der Waals surface area (Å²) in [6, 6.07) is 18.4. The van der Waals surface area contributed by atoms with Crippen LogP contribution in [0.25, 0.3) is 0 Å². The van der Waals surface area contributed by atoms with E-state index < -0.39 is 37.0 Å². The second-order valence-electron chi connectivity index (χ2n) is 7.40. The van der Waals surface area contributed by atoms with Crippen molar-refractivity contribution in [3.05, 3.63) is 71.8 Å². The lowest BCUT2D eigenvalue weighted by molar-refractivity contribution is -0.397. The third-order valence-electron chi connectivity index (χ3n) is 4.82. The molecule has 2 aromatic carbocycles. The van der Waals surface area contributed by atoms with Crippen molar-refractivity contribution >= 4 is 0 Å². The number of alkyl halides is 9. The van der Waals surface area contributed by atoms with Crippen molar-refractivity contribution in [1.82, 2.24) is 4.90 Å². The van der Waals surface area contributed by atoms with Crippen LogP contribution in [-0.2, 0) is 17.8 Å². The van der Waals surface area contributed by atoms with Crippen molar-refractivity contribution in [2.75, 3.05) is 19.8 Å². The molecule has 2 rings (SSSR count). The Kier molecular flexibility index (Phi) is 8.81. The molecule has 2 nitrogen and oxygen atoms in total. The van der Waals surface area contributed by atoms with Crippen LogP contribution in [0.2, 0.25) is 0 Å². The van der Waals surface area contributed by atoms with Crippen LogP contribution in [0.5, 0.6) is 0 Å². The van der Waals surface area contributed by atoms with Crippen LogP contribution in [0.15, 0.2) is 60.7 Å². The third-order valence-corrected chi connectivity index (χ3v) is 4.82. The zero-order valence-electron chi connectivity index (χ0n) is 17.3. The van der Waals surface area contributed by atoms with E-state index >= 15 is 0 Å². The normalized spacial score (nSPS) is 13.5. The second-order valence-corrected chi connectivity index (χ2v) is 7.40. The van der Waals surface area contributed by atoms with Crippen molar-refractivity contribution in [2.24, 2.45) is 0 Å². The van der Waals surface area contributed by atoms with Gasteiger partial charge in [-0.3, -0.25) is 4.90 Å². The molecule has 33 heavy (non-hydrogen) atoms. The molecule has 0 amide bonds. The average molecular weight is 487 g/mol. The van der Waals surface area contributed by atoms with Gasteiger partial charge in [0.2, 0.25) is 0 Å². The molecule has 0 aliphatic carbocycles. The summed E-state index contributed by atoms with van der Waals surface area (Å²) in [5.74, 6) is -19.1. The lowest BCUT2D eigenvalue weighted by atomic mass is 10.0. The molecule has 0 bridgehead atoms. The molecule has 2 aromatic rings. The van der Waals surface area contributed by atoms with Gasteiger partial charge in [0, 0.05) is 26.1 Å². The Balaban J connectivity index is 1.92. The highest BCUT2D eigenvalue weighted by atomic mass is 19.4. The molecule has 0 saturated heterocycles. The average Bonchev–Trinajstić information content (AvgIpc) is 2.73. The standard InChI is InChI=1S/C22H22F9NO/c23-19(24,20(25,26)21(27,28)22(29,30)31)11-13-33-14-12-32(15-17-7-3-1-4-8-17)16-18-9-5-2-6-10-18/h1-10H,11-16H2. The minimum absolute atomic E-state index is 0.171. The van der Waals surface area contributed by atoms with Crippen LogP contribution < -0.4 is 0 Å². The zero-order chi connectivity index (χ0) is 24.8. The smallest absolute Gasteiger partial charge is 0.380 e. The predicted octanol–water partition coefficient (Wildman–Crippen LogP) is 6.56. The van der Waals surface area contributed by atoms with Gasteiger partial charge in [-0.05, 0) is 11.1 Å². The largest absolute Gasteiger partial charge is 0.460 e. The van der Waals surface area contributed by atoms with E-state index in [1.807, 2.05) is 65.6 Å². The van der Waals surface area contributed by atoms with Crippen LogP contribution in [0, 0.1) is 0 Å². The molecular weight excluding hydrogens is 465 g/mol. The Labute approximate surface area is 185 Å². The summed E-state index contributed by atoms with van der Waals surface area (Å²) in [6.45, 7) is -0.279. The molecular formula is C22H22F9NO. The molecule has 184 valence electrons. The number of ether oxygens (including phenoxy) is 1. The van der Waals surface area contributed by atoms with E-state index in [0.29, 0.717) is 13.1 Å². The van der Waals surface area contributed by atoms with Gasteiger partial charge < -0.3 is 4.74 Å². The Bertz CT molecular complexity index is 800. The van der Waals surface area contributed by atoms with E-state index in [0.717, 1.165) is 11.1 Å². The maximum absolute atomic E-state index is 13.6. The first-order valence-corrected chi connectivity index (χ1v) is 9.86. The van der Waals surface area contributed by atoms with Crippen LogP contribution in [-0.4, -0.2) is 48.6 Å². The number of benzene rings is 2. The van der Waals surface area contributed by atoms with Crippen LogP contribution in [0.3, 0.4) is 0 Å². The second kappa shape index (κ2) is 10.8. The highest BCUT2D eigenvalue weighted by Gasteiger charge is 2.81. The van der Waals surface area contributed by atoms with E-state index in [2.05, 4.69) is 0 Å². The Morgan fingerprint density at radius 1 is 0.606 bits per heavy atom. The minimum Gasteiger partial charge on any atom is -0.380 e. The molecule has 0 spiro atoms. The van der Waals surface area contributed by atoms with Crippen molar-refractivity contribution in [3.63, 3.8) is 0 Å². The molecule has 0 N–H and O–H groups in total. The van der Waals surface area contributed by atoms with Crippen molar-refractivity contribution in [2.45, 2.75) is 43.5 Å². The van der Waals surface area contributed by atoms with Gasteiger partial charge in [0.15, 0.2) is 0 Å². The van der Waals surface area contributed by atoms with Gasteiger partial charge in [0.05, 0.1) is 13.2 Å². The molecule has 0 radical (unpaired) electrons. The first kappa shape index (κ1) is 27.0. The Morgan fingerprint density at radius 2 is 1.06 bits per heavy atom. The van der Waals surface area contributed by atoms with E-state index in [9.17, 15) is 39.5 Å². The first-order chi connectivity index (χ1) is 15.3. The number of halogens is 9. The van der Waals surface area contributed by atoms with E-state index in [1.54, 1.807) is 0 Å². The molecule has 0 unspecified atom stereocenters. The summed E-state index contributed by atoms with van der Waals surface area (Å²) in [5.41, 5.74) is 1.88. The number of rotatable bonds is 12. The minimum atomic E-state index is -6.88. The molecule has 0 saturated carbocycles. The summed E-state index contributed by atoms with van der Waals surface area (Å²) in [4.78, 5) is 1.88. The Morgan fingerprint density at radius 3 is 1.48 bits per heavy atom. The van der Waals surface area contributed by atoms with Gasteiger partial charge in [0.1, 0.15) is 0 Å². The number of nitrogens with zero attached hydrogens (tertiary/aromatic N) is 1. The van der Waals surface area contributed by atoms with Crippen molar-refractivity contribution < 1.29 is 44.3 Å². The molecule has 0 aliphatic rings. The topological polar surface area (TPSA) is 12.5 Å². The van der Waals surface area contributed by atoms with E-state index in [1.165, 1.54) is 0 Å². The van der Waals surface area contributed by atoms with Gasteiger partial charge >= 0.3 is 23.9 Å². The maximum Gasteiger partial charge on any atom is 0.460 e. The molecule has 0 atom stereocenters. The summed E-state index contributed by atoms with van der Waals surface area (Å²) in [5, 5.41) is 0. The van der Waals surface area contributed by atoms with E-state index in [-0.39, 0.29) is 13.2 Å². The molecule has 0 aromatic heterocycles. The fourth-order valence-electron chi connectivity index (χ4n) is 2.96. The third kappa shape index (κ3) is 6.86. The fourth-order valence-corrected chi connectivity index (χ4v) is 2.96. The lowest BCUT2D eigenvalue weighted by Crippen LogP contribution is -2.61. The zero-order valence-corrected chi connectivity index (χ0v) is 17.3. The summed E-state index contributed by atoms with van der Waals surface area (Å²) < 4.78 is 121. The van der Waals surface area contributed by atoms with Crippen molar-refractivity contribution in [1.29, 1.82) is 0 Å². The maximum atomic E-state index is 13.6. The summed E-state index contributed by atoms with van der Waals surface area (Å²) in [7, 11) is 0. The molecule has 11 heteroatoms. The molecule has 0 aliphatic heterocycles. The van der Waals surface area contributed by atoms with Crippen LogP contribution in [0.1, 0.15) is 17.5 Å². The van der Waals surface area contributed by atoms with Gasteiger partial charge in [0.25, 0.3) is 0 Å². The van der Waals surface area contributed by atoms with Gasteiger partial charge in [-0.2, -0.15) is 39.5 Å². The quantitative estimate of drug-likeness (QED) is 0.248. The highest BCUT2D eigenvalue weighted by molar-refractivity contribution is 5.17. The Hall–Kier alpha value is -2.27. The summed E-state index contributed by atoms with van der Waals surface area (Å²) in [6.07, 6.45) is -8.82. The van der Waals surface area contributed by atoms with Gasteiger partial charge in [-0.15, -0.1) is 0 Å². The SMILES string of the molecule is FC(F)(F)C(F)(F)C(F)(F)C(F)(F)CCOCCN(Cc1ccccc1)Cc1ccccc1. The fraction of sp³-hybridized carbons (Fsp3) is 0.455. The predicted molar refractivity (Wildman–Crippen MR) is 103 cm³/mol. The molecule has 0 fully saturated rings. The number of hydrogen-bond donors (Lipinski definition) is 0. The van der Waals surface area contributed by atoms with E-state index in [4.69, 9.17) is 4.74 Å². The number of hydrogen-bond acceptors (Lipinski definition) is 2. The van der Waals surface area contributed by atoms with Gasteiger partial charge in [-0.1, -0.05) is 60.7 Å². The lowest BCUT2D eigenvalue weighted by Gasteiger charge is -2.33. The summed E-state index contributed by atoms with van der Waals surface area (Å²) >= 11 is 0. The first-order valence-electron chi connectivity index (χ1n) is 9.86. The highest BCUT2D eigenvalue weighted by Crippen LogP contribution is 2.53. The van der Waals surface area contributed by atoms with Crippen molar-refractivity contribution in [3.8, 4) is 0 Å².